The molecular weight excluding hydrogens is 456 g/mol. The van der Waals surface area contributed by atoms with Gasteiger partial charge in [-0.2, -0.15) is 0 Å². The van der Waals surface area contributed by atoms with E-state index in [1.165, 1.54) is 7.11 Å². The number of ether oxygens (including phenoxy) is 8. The third-order valence-corrected chi connectivity index (χ3v) is 5.58. The zero-order valence-electron chi connectivity index (χ0n) is 21.2. The molecule has 0 spiro atoms. The Kier molecular flexibility index (Phi) is 8.96. The van der Waals surface area contributed by atoms with Crippen molar-refractivity contribution in [3.63, 3.8) is 0 Å². The van der Waals surface area contributed by atoms with Crippen molar-refractivity contribution >= 4 is 5.78 Å². The van der Waals surface area contributed by atoms with Gasteiger partial charge in [-0.3, -0.25) is 4.79 Å². The zero-order chi connectivity index (χ0) is 25.5. The van der Waals surface area contributed by atoms with Gasteiger partial charge in [0.2, 0.25) is 11.5 Å². The van der Waals surface area contributed by atoms with Gasteiger partial charge in [-0.25, -0.2) is 0 Å². The number of benzene rings is 2. The van der Waals surface area contributed by atoms with Crippen LogP contribution < -0.4 is 18.9 Å². The second-order valence-corrected chi connectivity index (χ2v) is 8.48. The molecule has 9 heteroatoms. The smallest absolute Gasteiger partial charge is 0.203 e. The molecule has 9 nitrogen and oxygen atoms in total. The first-order chi connectivity index (χ1) is 16.8. The van der Waals surface area contributed by atoms with Crippen LogP contribution in [0.1, 0.15) is 29.8 Å². The first-order valence-corrected chi connectivity index (χ1v) is 11.3. The predicted molar refractivity (Wildman–Crippen MR) is 128 cm³/mol. The van der Waals surface area contributed by atoms with Gasteiger partial charge in [-0.15, -0.1) is 0 Å². The van der Waals surface area contributed by atoms with E-state index >= 15 is 0 Å². The number of Topliss-reactive ketones (excluding diaryl/α,β-unsaturated/α-hetero) is 1. The molecule has 35 heavy (non-hydrogen) atoms. The second kappa shape index (κ2) is 11.7. The van der Waals surface area contributed by atoms with E-state index in [2.05, 4.69) is 0 Å². The molecule has 192 valence electrons. The minimum atomic E-state index is -1.30. The molecule has 0 bridgehead atoms. The van der Waals surface area contributed by atoms with Crippen LogP contribution in [0.2, 0.25) is 0 Å². The van der Waals surface area contributed by atoms with Crippen molar-refractivity contribution in [2.75, 3.05) is 55.1 Å². The summed E-state index contributed by atoms with van der Waals surface area (Å²) < 4.78 is 44.7. The summed E-state index contributed by atoms with van der Waals surface area (Å²) in [6, 6.07) is 10.6. The van der Waals surface area contributed by atoms with E-state index in [-0.39, 0.29) is 25.6 Å². The monoisotopic (exact) mass is 490 g/mol. The predicted octanol–water partition coefficient (Wildman–Crippen LogP) is 3.66. The summed E-state index contributed by atoms with van der Waals surface area (Å²) in [7, 11) is 6.22. The number of ketones is 1. The Morgan fingerprint density at radius 2 is 1.63 bits per heavy atom. The molecule has 1 saturated heterocycles. The molecule has 1 fully saturated rings. The molecule has 0 saturated carbocycles. The maximum Gasteiger partial charge on any atom is 0.203 e. The number of hydrogen-bond donors (Lipinski definition) is 0. The van der Waals surface area contributed by atoms with Crippen LogP contribution >= 0.6 is 0 Å². The molecule has 0 radical (unpaired) electrons. The van der Waals surface area contributed by atoms with Crippen LogP contribution in [0.25, 0.3) is 0 Å². The largest absolute Gasteiger partial charge is 0.493 e. The standard InChI is InChI=1S/C26H34O9/c1-25(2)34-16-26(35-25,15-18-13-21(29-4)23(31-6)22(14-18)30-5)24(27)19-9-7-8-10-20(19)33-17-32-12-11-28-3/h7-10,13-14H,11-12,15-17H2,1-6H3/t26-/m0/s1. The van der Waals surface area contributed by atoms with Crippen molar-refractivity contribution in [3.05, 3.63) is 47.5 Å². The Morgan fingerprint density at radius 1 is 0.943 bits per heavy atom. The lowest BCUT2D eigenvalue weighted by atomic mass is 9.86. The van der Waals surface area contributed by atoms with Crippen molar-refractivity contribution in [1.82, 2.24) is 0 Å². The molecule has 0 unspecified atom stereocenters. The van der Waals surface area contributed by atoms with Gasteiger partial charge in [0.25, 0.3) is 0 Å². The van der Waals surface area contributed by atoms with Crippen LogP contribution in [0, 0.1) is 0 Å². The number of para-hydroxylation sites is 1. The zero-order valence-corrected chi connectivity index (χ0v) is 21.2. The van der Waals surface area contributed by atoms with Crippen LogP contribution in [0.5, 0.6) is 23.0 Å². The van der Waals surface area contributed by atoms with Crippen LogP contribution in [0.15, 0.2) is 36.4 Å². The topological polar surface area (TPSA) is 90.9 Å². The molecule has 0 aliphatic carbocycles. The molecule has 1 heterocycles. The van der Waals surface area contributed by atoms with Gasteiger partial charge in [0.05, 0.1) is 46.7 Å². The average Bonchev–Trinajstić information content (AvgIpc) is 3.18. The number of carbonyl (C=O) groups is 1. The highest BCUT2D eigenvalue weighted by Crippen LogP contribution is 2.42. The number of carbonyl (C=O) groups excluding carboxylic acids is 1. The summed E-state index contributed by atoms with van der Waals surface area (Å²) in [5.74, 6) is 0.626. The lowest BCUT2D eigenvalue weighted by Gasteiger charge is -2.29. The first-order valence-electron chi connectivity index (χ1n) is 11.3. The van der Waals surface area contributed by atoms with E-state index < -0.39 is 11.4 Å². The highest BCUT2D eigenvalue weighted by atomic mass is 16.8. The Labute approximate surface area is 206 Å². The third-order valence-electron chi connectivity index (χ3n) is 5.58. The summed E-state index contributed by atoms with van der Waals surface area (Å²) in [6.07, 6.45) is 0.213. The quantitative estimate of drug-likeness (QED) is 0.237. The SMILES string of the molecule is COCCOCOc1ccccc1C(=O)[C@]1(Cc2cc(OC)c(OC)c(OC)c2)COC(C)(C)O1. The maximum absolute atomic E-state index is 14.0. The van der Waals surface area contributed by atoms with Crippen LogP contribution in [-0.2, 0) is 25.4 Å². The molecule has 0 aromatic heterocycles. The Hall–Kier alpha value is -2.85. The van der Waals surface area contributed by atoms with Crippen molar-refractivity contribution in [2.45, 2.75) is 31.7 Å². The minimum absolute atomic E-state index is 0.0175. The Morgan fingerprint density at radius 3 is 2.20 bits per heavy atom. The van der Waals surface area contributed by atoms with Crippen molar-refractivity contribution in [3.8, 4) is 23.0 Å². The van der Waals surface area contributed by atoms with Gasteiger partial charge < -0.3 is 37.9 Å². The van der Waals surface area contributed by atoms with E-state index in [0.717, 1.165) is 5.56 Å². The fourth-order valence-corrected chi connectivity index (χ4v) is 4.00. The van der Waals surface area contributed by atoms with Gasteiger partial charge in [0, 0.05) is 13.5 Å². The normalized spacial score (nSPS) is 18.8. The fourth-order valence-electron chi connectivity index (χ4n) is 4.00. The molecule has 3 rings (SSSR count). The molecule has 1 aliphatic heterocycles. The summed E-state index contributed by atoms with van der Waals surface area (Å²) in [4.78, 5) is 14.0. The summed E-state index contributed by atoms with van der Waals surface area (Å²) in [5, 5.41) is 0. The average molecular weight is 491 g/mol. The van der Waals surface area contributed by atoms with Gasteiger partial charge in [0.15, 0.2) is 29.7 Å². The van der Waals surface area contributed by atoms with E-state index in [1.54, 1.807) is 71.6 Å². The molecule has 1 aliphatic rings. The summed E-state index contributed by atoms with van der Waals surface area (Å²) in [6.45, 7) is 4.43. The van der Waals surface area contributed by atoms with Gasteiger partial charge >= 0.3 is 0 Å². The second-order valence-electron chi connectivity index (χ2n) is 8.48. The number of hydrogen-bond acceptors (Lipinski definition) is 9. The molecule has 2 aromatic rings. The molecule has 0 amide bonds. The highest BCUT2D eigenvalue weighted by molar-refractivity contribution is 6.05. The van der Waals surface area contributed by atoms with Crippen molar-refractivity contribution < 1.29 is 42.7 Å². The molecule has 1 atom stereocenters. The first kappa shape index (κ1) is 26.7. The van der Waals surface area contributed by atoms with E-state index in [4.69, 9.17) is 37.9 Å². The fraction of sp³-hybridized carbons (Fsp3) is 0.500. The minimum Gasteiger partial charge on any atom is -0.493 e. The van der Waals surface area contributed by atoms with Gasteiger partial charge in [-0.05, 0) is 43.7 Å². The van der Waals surface area contributed by atoms with Crippen molar-refractivity contribution in [1.29, 1.82) is 0 Å². The van der Waals surface area contributed by atoms with E-state index in [0.29, 0.717) is 41.8 Å². The van der Waals surface area contributed by atoms with E-state index in [1.807, 2.05) is 0 Å². The summed E-state index contributed by atoms with van der Waals surface area (Å²) in [5.41, 5.74) is -0.170. The Bertz CT molecular complexity index is 979. The Balaban J connectivity index is 1.94. The summed E-state index contributed by atoms with van der Waals surface area (Å²) >= 11 is 0. The maximum atomic E-state index is 14.0. The van der Waals surface area contributed by atoms with Crippen LogP contribution in [0.4, 0.5) is 0 Å². The molecule has 2 aromatic carbocycles. The van der Waals surface area contributed by atoms with Crippen LogP contribution in [0.3, 0.4) is 0 Å². The number of rotatable bonds is 13. The molecular formula is C26H34O9. The molecule has 0 N–H and O–H groups in total. The van der Waals surface area contributed by atoms with Crippen molar-refractivity contribution in [2.24, 2.45) is 0 Å². The lowest BCUT2D eigenvalue weighted by molar-refractivity contribution is -0.151. The lowest BCUT2D eigenvalue weighted by Crippen LogP contribution is -2.45. The van der Waals surface area contributed by atoms with Gasteiger partial charge in [0.1, 0.15) is 5.75 Å². The van der Waals surface area contributed by atoms with Crippen LogP contribution in [-0.4, -0.2) is 72.2 Å². The third kappa shape index (κ3) is 6.24. The highest BCUT2D eigenvalue weighted by Gasteiger charge is 2.51. The number of methoxy groups -OCH3 is 4. The van der Waals surface area contributed by atoms with Gasteiger partial charge in [-0.1, -0.05) is 12.1 Å². The van der Waals surface area contributed by atoms with E-state index in [9.17, 15) is 4.79 Å².